The van der Waals surface area contributed by atoms with E-state index < -0.39 is 34.6 Å². The Morgan fingerprint density at radius 2 is 2.10 bits per heavy atom. The molecule has 20 heavy (non-hydrogen) atoms. The van der Waals surface area contributed by atoms with Crippen LogP contribution in [0.25, 0.3) is 0 Å². The Bertz CT molecular complexity index is 620. The molecule has 1 atom stereocenters. The molecular formula is C10H13NO7S2. The Balaban J connectivity index is 2.87. The van der Waals surface area contributed by atoms with Gasteiger partial charge in [-0.25, -0.2) is 22.7 Å². The molecule has 1 rings (SSSR count). The first-order valence-electron chi connectivity index (χ1n) is 5.28. The fourth-order valence-corrected chi connectivity index (χ4v) is 3.74. The van der Waals surface area contributed by atoms with Crippen LogP contribution in [0.4, 0.5) is 0 Å². The summed E-state index contributed by atoms with van der Waals surface area (Å²) in [6, 6.07) is 1.21. The predicted molar refractivity (Wildman–Crippen MR) is 69.2 cm³/mol. The molecule has 0 fully saturated rings. The van der Waals surface area contributed by atoms with Crippen LogP contribution < -0.4 is 4.72 Å². The molecule has 0 spiro atoms. The molecule has 3 N–H and O–H groups in total. The average Bonchev–Trinajstić information content (AvgIpc) is 2.78. The van der Waals surface area contributed by atoms with Gasteiger partial charge in [0.2, 0.25) is 10.0 Å². The summed E-state index contributed by atoms with van der Waals surface area (Å²) in [7, 11) is -2.94. The number of aliphatic hydroxyl groups is 1. The molecule has 0 aliphatic carbocycles. The van der Waals surface area contributed by atoms with Gasteiger partial charge in [0.1, 0.15) is 9.09 Å². The van der Waals surface area contributed by atoms with Crippen LogP contribution in [0.2, 0.25) is 0 Å². The lowest BCUT2D eigenvalue weighted by Gasteiger charge is -2.09. The summed E-state index contributed by atoms with van der Waals surface area (Å²) < 4.78 is 29.8. The zero-order chi connectivity index (χ0) is 15.5. The second-order valence-corrected chi connectivity index (χ2v) is 6.82. The number of carbonyl (C=O) groups excluding carboxylic acids is 1. The largest absolute Gasteiger partial charge is 0.477 e. The van der Waals surface area contributed by atoms with E-state index in [1.165, 1.54) is 13.0 Å². The number of carboxylic acid groups (broad SMARTS) is 1. The lowest BCUT2D eigenvalue weighted by atomic mass is 10.3. The third kappa shape index (κ3) is 3.76. The number of hydrogen-bond acceptors (Lipinski definition) is 7. The molecule has 0 bridgehead atoms. The van der Waals surface area contributed by atoms with Crippen molar-refractivity contribution in [3.8, 4) is 0 Å². The van der Waals surface area contributed by atoms with Crippen molar-refractivity contribution in [2.24, 2.45) is 0 Å². The number of methoxy groups -OCH3 is 1. The highest BCUT2D eigenvalue weighted by molar-refractivity contribution is 7.91. The third-order valence-corrected chi connectivity index (χ3v) is 5.42. The van der Waals surface area contributed by atoms with E-state index in [0.717, 1.165) is 7.11 Å². The Labute approximate surface area is 119 Å². The van der Waals surface area contributed by atoms with Crippen molar-refractivity contribution >= 4 is 33.3 Å². The summed E-state index contributed by atoms with van der Waals surface area (Å²) in [5.41, 5.74) is 0.316. The van der Waals surface area contributed by atoms with E-state index in [4.69, 9.17) is 5.11 Å². The summed E-state index contributed by atoms with van der Waals surface area (Å²) in [6.07, 6.45) is -1.63. The second-order valence-electron chi connectivity index (χ2n) is 3.77. The zero-order valence-electron chi connectivity index (χ0n) is 10.6. The van der Waals surface area contributed by atoms with Crippen molar-refractivity contribution in [3.05, 3.63) is 16.5 Å². The topological polar surface area (TPSA) is 130 Å². The number of hydrogen-bond donors (Lipinski definition) is 3. The first kappa shape index (κ1) is 16.6. The SMILES string of the molecule is COC(=O)C(O)CNS(=O)(=O)c1cc(C)c(C(=O)O)s1. The maximum atomic E-state index is 11.9. The van der Waals surface area contributed by atoms with Crippen LogP contribution in [-0.2, 0) is 19.6 Å². The van der Waals surface area contributed by atoms with Gasteiger partial charge < -0.3 is 14.9 Å². The monoisotopic (exact) mass is 323 g/mol. The molecule has 112 valence electrons. The molecule has 10 heteroatoms. The zero-order valence-corrected chi connectivity index (χ0v) is 12.2. The first-order chi connectivity index (χ1) is 9.19. The number of rotatable bonds is 6. The number of carboxylic acids is 1. The van der Waals surface area contributed by atoms with Gasteiger partial charge in [-0.05, 0) is 18.6 Å². The molecule has 0 saturated heterocycles. The van der Waals surface area contributed by atoms with Crippen molar-refractivity contribution in [1.29, 1.82) is 0 Å². The molecule has 0 aromatic carbocycles. The molecular weight excluding hydrogens is 310 g/mol. The second kappa shape index (κ2) is 6.31. The van der Waals surface area contributed by atoms with E-state index in [1.54, 1.807) is 0 Å². The quantitative estimate of drug-likeness (QED) is 0.605. The summed E-state index contributed by atoms with van der Waals surface area (Å²) >= 11 is 0.593. The van der Waals surface area contributed by atoms with Gasteiger partial charge in [0.05, 0.1) is 7.11 Å². The number of nitrogens with one attached hydrogen (secondary N) is 1. The number of ether oxygens (including phenoxy) is 1. The average molecular weight is 323 g/mol. The number of esters is 1. The number of aromatic carboxylic acids is 1. The minimum atomic E-state index is -3.99. The highest BCUT2D eigenvalue weighted by Gasteiger charge is 2.24. The molecule has 0 aliphatic heterocycles. The van der Waals surface area contributed by atoms with E-state index in [0.29, 0.717) is 16.9 Å². The van der Waals surface area contributed by atoms with Crippen molar-refractivity contribution in [2.75, 3.05) is 13.7 Å². The van der Waals surface area contributed by atoms with Gasteiger partial charge in [0, 0.05) is 6.54 Å². The Morgan fingerprint density at radius 1 is 1.50 bits per heavy atom. The molecule has 8 nitrogen and oxygen atoms in total. The number of aliphatic hydroxyl groups excluding tert-OH is 1. The Morgan fingerprint density at radius 3 is 2.55 bits per heavy atom. The smallest absolute Gasteiger partial charge is 0.346 e. The minimum absolute atomic E-state index is 0.0844. The van der Waals surface area contributed by atoms with E-state index in [-0.39, 0.29) is 9.09 Å². The van der Waals surface area contributed by atoms with Crippen LogP contribution in [0, 0.1) is 6.92 Å². The lowest BCUT2D eigenvalue weighted by Crippen LogP contribution is -2.36. The predicted octanol–water partition coefficient (Wildman–Crippen LogP) is -0.433. The highest BCUT2D eigenvalue weighted by Crippen LogP contribution is 2.25. The molecule has 0 aliphatic rings. The van der Waals surface area contributed by atoms with Gasteiger partial charge in [-0.1, -0.05) is 0 Å². The standard InChI is InChI=1S/C10H13NO7S2/c1-5-3-7(19-8(5)9(13)14)20(16,17)11-4-6(12)10(15)18-2/h3,6,11-12H,4H2,1-2H3,(H,13,14). The molecule has 1 unspecified atom stereocenters. The minimum Gasteiger partial charge on any atom is -0.477 e. The van der Waals surface area contributed by atoms with E-state index in [9.17, 15) is 23.1 Å². The van der Waals surface area contributed by atoms with Crippen LogP contribution in [-0.4, -0.2) is 50.3 Å². The van der Waals surface area contributed by atoms with Crippen molar-refractivity contribution in [2.45, 2.75) is 17.2 Å². The Kier molecular flexibility index (Phi) is 5.22. The lowest BCUT2D eigenvalue weighted by molar-refractivity contribution is -0.149. The van der Waals surface area contributed by atoms with Gasteiger partial charge in [-0.2, -0.15) is 0 Å². The Hall–Kier alpha value is -1.49. The number of carbonyl (C=O) groups is 2. The molecule has 1 heterocycles. The number of thiophene rings is 1. The van der Waals surface area contributed by atoms with Gasteiger partial charge in [-0.15, -0.1) is 11.3 Å². The summed E-state index contributed by atoms with van der Waals surface area (Å²) in [5.74, 6) is -2.19. The van der Waals surface area contributed by atoms with Gasteiger partial charge in [-0.3, -0.25) is 0 Å². The normalized spacial score (nSPS) is 12.9. The first-order valence-corrected chi connectivity index (χ1v) is 7.58. The maximum Gasteiger partial charge on any atom is 0.346 e. The van der Waals surface area contributed by atoms with Crippen LogP contribution >= 0.6 is 11.3 Å². The summed E-state index contributed by atoms with van der Waals surface area (Å²) in [4.78, 5) is 21.7. The summed E-state index contributed by atoms with van der Waals surface area (Å²) in [6.45, 7) is 0.913. The van der Waals surface area contributed by atoms with Gasteiger partial charge >= 0.3 is 11.9 Å². The van der Waals surface area contributed by atoms with Crippen molar-refractivity contribution in [3.63, 3.8) is 0 Å². The van der Waals surface area contributed by atoms with E-state index in [1.807, 2.05) is 4.72 Å². The van der Waals surface area contributed by atoms with E-state index in [2.05, 4.69) is 4.74 Å². The van der Waals surface area contributed by atoms with Crippen LogP contribution in [0.3, 0.4) is 0 Å². The van der Waals surface area contributed by atoms with Crippen molar-refractivity contribution < 1.29 is 33.0 Å². The molecule has 0 saturated carbocycles. The molecule has 1 aromatic rings. The van der Waals surface area contributed by atoms with Gasteiger partial charge in [0.25, 0.3) is 0 Å². The van der Waals surface area contributed by atoms with Crippen LogP contribution in [0.15, 0.2) is 10.3 Å². The van der Waals surface area contributed by atoms with E-state index >= 15 is 0 Å². The number of sulfonamides is 1. The highest BCUT2D eigenvalue weighted by atomic mass is 32.2. The maximum absolute atomic E-state index is 11.9. The third-order valence-electron chi connectivity index (χ3n) is 2.29. The molecule has 1 aromatic heterocycles. The molecule has 0 radical (unpaired) electrons. The van der Waals surface area contributed by atoms with Crippen LogP contribution in [0.5, 0.6) is 0 Å². The molecule has 0 amide bonds. The van der Waals surface area contributed by atoms with Crippen molar-refractivity contribution in [1.82, 2.24) is 4.72 Å². The number of aryl methyl sites for hydroxylation is 1. The summed E-state index contributed by atoms with van der Waals surface area (Å²) in [5, 5.41) is 18.1. The fourth-order valence-electron chi connectivity index (χ4n) is 1.28. The fraction of sp³-hybridized carbons (Fsp3) is 0.400. The van der Waals surface area contributed by atoms with Crippen LogP contribution in [0.1, 0.15) is 15.2 Å². The van der Waals surface area contributed by atoms with Gasteiger partial charge in [0.15, 0.2) is 6.10 Å².